The van der Waals surface area contributed by atoms with Crippen molar-refractivity contribution < 1.29 is 14.3 Å². The summed E-state index contributed by atoms with van der Waals surface area (Å²) in [5.74, 6) is 0.784. The van der Waals surface area contributed by atoms with Crippen molar-refractivity contribution in [3.8, 4) is 11.5 Å². The molecular formula is C16H14N2O4S. The highest BCUT2D eigenvalue weighted by Gasteiger charge is 2.11. The van der Waals surface area contributed by atoms with Crippen LogP contribution < -0.4 is 19.7 Å². The lowest BCUT2D eigenvalue weighted by Crippen LogP contribution is -2.12. The van der Waals surface area contributed by atoms with Crippen LogP contribution in [-0.4, -0.2) is 25.1 Å². The molecule has 1 heterocycles. The first-order valence-electron chi connectivity index (χ1n) is 6.76. The first-order chi connectivity index (χ1) is 11.1. The number of rotatable bonds is 4. The van der Waals surface area contributed by atoms with Crippen LogP contribution in [0.4, 0.5) is 5.69 Å². The summed E-state index contributed by atoms with van der Waals surface area (Å²) in [4.78, 5) is 26.3. The summed E-state index contributed by atoms with van der Waals surface area (Å²) in [6.07, 6.45) is 0. The number of nitrogens with one attached hydrogen (secondary N) is 2. The molecule has 0 aliphatic rings. The molecule has 0 spiro atoms. The number of hydrogen-bond donors (Lipinski definition) is 2. The summed E-state index contributed by atoms with van der Waals surface area (Å²) in [5, 5.41) is 2.80. The molecule has 118 valence electrons. The van der Waals surface area contributed by atoms with Gasteiger partial charge < -0.3 is 19.8 Å². The molecule has 0 unspecified atom stereocenters. The highest BCUT2D eigenvalue weighted by Crippen LogP contribution is 2.24. The van der Waals surface area contributed by atoms with Gasteiger partial charge in [0.1, 0.15) is 11.5 Å². The molecule has 23 heavy (non-hydrogen) atoms. The van der Waals surface area contributed by atoms with Crippen molar-refractivity contribution >= 4 is 33.1 Å². The van der Waals surface area contributed by atoms with Crippen molar-refractivity contribution in [3.05, 3.63) is 51.6 Å². The van der Waals surface area contributed by atoms with Gasteiger partial charge in [0.15, 0.2) is 0 Å². The molecule has 1 amide bonds. The molecular weight excluding hydrogens is 316 g/mol. The van der Waals surface area contributed by atoms with E-state index in [4.69, 9.17) is 9.47 Å². The average Bonchev–Trinajstić information content (AvgIpc) is 2.93. The van der Waals surface area contributed by atoms with Gasteiger partial charge >= 0.3 is 4.87 Å². The summed E-state index contributed by atoms with van der Waals surface area (Å²) >= 11 is 1.10. The molecule has 7 heteroatoms. The Bertz CT molecular complexity index is 907. The fraction of sp³-hybridized carbons (Fsp3) is 0.125. The number of thiazole rings is 1. The van der Waals surface area contributed by atoms with Gasteiger partial charge in [-0.3, -0.25) is 9.59 Å². The number of aromatic amines is 1. The number of benzene rings is 2. The van der Waals surface area contributed by atoms with E-state index in [2.05, 4.69) is 10.3 Å². The van der Waals surface area contributed by atoms with E-state index in [1.54, 1.807) is 36.4 Å². The van der Waals surface area contributed by atoms with E-state index in [9.17, 15) is 9.59 Å². The van der Waals surface area contributed by atoms with Gasteiger partial charge in [0, 0.05) is 17.3 Å². The molecule has 0 radical (unpaired) electrons. The van der Waals surface area contributed by atoms with Crippen LogP contribution in [-0.2, 0) is 0 Å². The number of anilines is 1. The minimum Gasteiger partial charge on any atom is -0.497 e. The van der Waals surface area contributed by atoms with E-state index >= 15 is 0 Å². The van der Waals surface area contributed by atoms with Gasteiger partial charge in [-0.15, -0.1) is 0 Å². The maximum atomic E-state index is 12.4. The Hall–Kier alpha value is -2.80. The van der Waals surface area contributed by atoms with Gasteiger partial charge in [-0.25, -0.2) is 0 Å². The van der Waals surface area contributed by atoms with Crippen molar-refractivity contribution in [1.29, 1.82) is 0 Å². The van der Waals surface area contributed by atoms with Crippen molar-refractivity contribution in [1.82, 2.24) is 4.98 Å². The molecule has 1 aromatic heterocycles. The number of hydrogen-bond acceptors (Lipinski definition) is 5. The largest absolute Gasteiger partial charge is 0.497 e. The van der Waals surface area contributed by atoms with E-state index in [0.29, 0.717) is 22.7 Å². The van der Waals surface area contributed by atoms with Crippen molar-refractivity contribution in [2.75, 3.05) is 19.5 Å². The molecule has 0 aliphatic heterocycles. The second-order valence-corrected chi connectivity index (χ2v) is 5.80. The molecule has 0 bridgehead atoms. The van der Waals surface area contributed by atoms with E-state index in [1.807, 2.05) is 0 Å². The molecule has 0 atom stereocenters. The third kappa shape index (κ3) is 3.19. The fourth-order valence-electron chi connectivity index (χ4n) is 2.16. The summed E-state index contributed by atoms with van der Waals surface area (Å²) in [7, 11) is 3.05. The third-order valence-corrected chi connectivity index (χ3v) is 4.14. The van der Waals surface area contributed by atoms with Crippen LogP contribution >= 0.6 is 11.3 Å². The molecule has 0 aliphatic carbocycles. The smallest absolute Gasteiger partial charge is 0.305 e. The van der Waals surface area contributed by atoms with Crippen LogP contribution in [0.25, 0.3) is 10.2 Å². The lowest BCUT2D eigenvalue weighted by molar-refractivity contribution is 0.102. The number of H-pyrrole nitrogens is 1. The molecule has 2 aromatic carbocycles. The first-order valence-corrected chi connectivity index (χ1v) is 7.58. The number of ether oxygens (including phenoxy) is 2. The molecule has 3 aromatic rings. The maximum Gasteiger partial charge on any atom is 0.305 e. The van der Waals surface area contributed by atoms with E-state index in [1.165, 1.54) is 14.2 Å². The first kappa shape index (κ1) is 15.1. The van der Waals surface area contributed by atoms with E-state index in [-0.39, 0.29) is 10.8 Å². The fourth-order valence-corrected chi connectivity index (χ4v) is 2.94. The lowest BCUT2D eigenvalue weighted by Gasteiger charge is -2.09. The van der Waals surface area contributed by atoms with Gasteiger partial charge in [0.25, 0.3) is 5.91 Å². The van der Waals surface area contributed by atoms with Gasteiger partial charge in [-0.05, 0) is 30.3 Å². The molecule has 0 saturated heterocycles. The summed E-state index contributed by atoms with van der Waals surface area (Å²) in [6, 6.07) is 10.2. The number of carbonyl (C=O) groups is 1. The molecule has 0 saturated carbocycles. The Balaban J connectivity index is 1.89. The summed E-state index contributed by atoms with van der Waals surface area (Å²) in [5.41, 5.74) is 1.78. The minimum atomic E-state index is -0.288. The second-order valence-electron chi connectivity index (χ2n) is 4.78. The highest BCUT2D eigenvalue weighted by molar-refractivity contribution is 7.16. The van der Waals surface area contributed by atoms with Crippen molar-refractivity contribution in [2.45, 2.75) is 0 Å². The van der Waals surface area contributed by atoms with Crippen LogP contribution in [0.1, 0.15) is 10.4 Å². The van der Waals surface area contributed by atoms with Crippen LogP contribution in [0, 0.1) is 0 Å². The Morgan fingerprint density at radius 2 is 1.78 bits per heavy atom. The van der Waals surface area contributed by atoms with Crippen LogP contribution in [0.2, 0.25) is 0 Å². The highest BCUT2D eigenvalue weighted by atomic mass is 32.1. The van der Waals surface area contributed by atoms with Gasteiger partial charge in [-0.1, -0.05) is 11.3 Å². The average molecular weight is 330 g/mol. The number of aromatic nitrogens is 1. The van der Waals surface area contributed by atoms with Crippen LogP contribution in [0.5, 0.6) is 11.5 Å². The number of methoxy groups -OCH3 is 2. The molecule has 3 rings (SSSR count). The summed E-state index contributed by atoms with van der Waals surface area (Å²) < 4.78 is 11.1. The lowest BCUT2D eigenvalue weighted by atomic mass is 10.1. The van der Waals surface area contributed by atoms with E-state index < -0.39 is 0 Å². The molecule has 6 nitrogen and oxygen atoms in total. The Kier molecular flexibility index (Phi) is 4.03. The minimum absolute atomic E-state index is 0.124. The number of carbonyl (C=O) groups excluding carboxylic acids is 1. The number of amides is 1. The number of fused-ring (bicyclic) bond motifs is 1. The van der Waals surface area contributed by atoms with Crippen molar-refractivity contribution in [2.24, 2.45) is 0 Å². The molecule has 0 fully saturated rings. The normalized spacial score (nSPS) is 10.5. The van der Waals surface area contributed by atoms with Crippen LogP contribution in [0.15, 0.2) is 41.2 Å². The second kappa shape index (κ2) is 6.13. The van der Waals surface area contributed by atoms with E-state index in [0.717, 1.165) is 21.6 Å². The Morgan fingerprint density at radius 3 is 2.43 bits per heavy atom. The van der Waals surface area contributed by atoms with Crippen LogP contribution in [0.3, 0.4) is 0 Å². The zero-order valence-corrected chi connectivity index (χ0v) is 13.3. The standard InChI is InChI=1S/C16H14N2O4S/c1-21-11-5-9(6-12(8-11)22-2)15(19)17-10-3-4-13-14(7-10)23-16(20)18-13/h3-8H,1-2H3,(H,17,19)(H,18,20). The topological polar surface area (TPSA) is 80.4 Å². The Labute approximate surface area is 135 Å². The third-order valence-electron chi connectivity index (χ3n) is 3.29. The molecule has 2 N–H and O–H groups in total. The maximum absolute atomic E-state index is 12.4. The predicted octanol–water partition coefficient (Wildman–Crippen LogP) is 2.86. The zero-order valence-electron chi connectivity index (χ0n) is 12.5. The quantitative estimate of drug-likeness (QED) is 0.771. The Morgan fingerprint density at radius 1 is 1.09 bits per heavy atom. The monoisotopic (exact) mass is 330 g/mol. The van der Waals surface area contributed by atoms with Gasteiger partial charge in [0.05, 0.1) is 24.4 Å². The predicted molar refractivity (Wildman–Crippen MR) is 89.9 cm³/mol. The van der Waals surface area contributed by atoms with Crippen molar-refractivity contribution in [3.63, 3.8) is 0 Å². The van der Waals surface area contributed by atoms with Gasteiger partial charge in [-0.2, -0.15) is 0 Å². The zero-order chi connectivity index (χ0) is 16.4. The summed E-state index contributed by atoms with van der Waals surface area (Å²) in [6.45, 7) is 0. The SMILES string of the molecule is COc1cc(OC)cc(C(=O)Nc2ccc3[nH]c(=O)sc3c2)c1. The van der Waals surface area contributed by atoms with Gasteiger partial charge in [0.2, 0.25) is 0 Å².